The molecule has 0 saturated carbocycles. The SMILES string of the molecule is C#CCOc1ccc(CN2CCC(c3nnsc3S(C)(=O)=O)CC2)cc1OC. The molecule has 28 heavy (non-hydrogen) atoms. The van der Waals surface area contributed by atoms with Crippen LogP contribution in [0.5, 0.6) is 11.5 Å². The summed E-state index contributed by atoms with van der Waals surface area (Å²) in [5.74, 6) is 3.87. The van der Waals surface area contributed by atoms with Gasteiger partial charge in [0.05, 0.1) is 12.8 Å². The van der Waals surface area contributed by atoms with Gasteiger partial charge in [0.15, 0.2) is 25.5 Å². The van der Waals surface area contributed by atoms with Crippen LogP contribution in [0.4, 0.5) is 0 Å². The lowest BCUT2D eigenvalue weighted by atomic mass is 9.94. The van der Waals surface area contributed by atoms with E-state index in [1.54, 1.807) is 7.11 Å². The summed E-state index contributed by atoms with van der Waals surface area (Å²) >= 11 is 0.964. The smallest absolute Gasteiger partial charge is 0.188 e. The highest BCUT2D eigenvalue weighted by Crippen LogP contribution is 2.34. The van der Waals surface area contributed by atoms with Gasteiger partial charge < -0.3 is 9.47 Å². The maximum Gasteiger partial charge on any atom is 0.188 e. The standard InChI is InChI=1S/C19H23N3O4S2/c1-4-11-26-16-6-5-14(12-17(16)25-2)13-22-9-7-15(8-10-22)18-19(27-21-20-18)28(3,23)24/h1,5-6,12,15H,7-11,13H2,2-3H3. The molecule has 0 aliphatic carbocycles. The van der Waals surface area contributed by atoms with Gasteiger partial charge in [-0.3, -0.25) is 4.90 Å². The molecule has 7 nitrogen and oxygen atoms in total. The van der Waals surface area contributed by atoms with E-state index in [2.05, 4.69) is 20.4 Å². The minimum Gasteiger partial charge on any atom is -0.493 e. The largest absolute Gasteiger partial charge is 0.493 e. The minimum atomic E-state index is -3.28. The number of sulfone groups is 1. The van der Waals surface area contributed by atoms with Crippen molar-refractivity contribution in [2.75, 3.05) is 33.1 Å². The molecule has 0 amide bonds. The maximum atomic E-state index is 11.9. The van der Waals surface area contributed by atoms with E-state index in [0.717, 1.165) is 49.6 Å². The number of terminal acetylenes is 1. The molecule has 1 aromatic carbocycles. The van der Waals surface area contributed by atoms with E-state index in [0.29, 0.717) is 21.4 Å². The number of piperidine rings is 1. The normalized spacial score (nSPS) is 15.9. The summed E-state index contributed by atoms with van der Waals surface area (Å²) in [5, 5.41) is 4.10. The Labute approximate surface area is 169 Å². The highest BCUT2D eigenvalue weighted by molar-refractivity contribution is 7.92. The van der Waals surface area contributed by atoms with Crippen LogP contribution >= 0.6 is 11.5 Å². The molecule has 0 unspecified atom stereocenters. The fraction of sp³-hybridized carbons (Fsp3) is 0.474. The van der Waals surface area contributed by atoms with Crippen molar-refractivity contribution >= 4 is 21.4 Å². The lowest BCUT2D eigenvalue weighted by Crippen LogP contribution is -2.32. The molecule has 1 fully saturated rings. The Morgan fingerprint density at radius 2 is 2.07 bits per heavy atom. The number of nitrogens with zero attached hydrogens (tertiary/aromatic N) is 3. The van der Waals surface area contributed by atoms with Crippen molar-refractivity contribution in [1.29, 1.82) is 0 Å². The van der Waals surface area contributed by atoms with Crippen molar-refractivity contribution < 1.29 is 17.9 Å². The second kappa shape index (κ2) is 8.90. The first-order valence-electron chi connectivity index (χ1n) is 8.90. The monoisotopic (exact) mass is 421 g/mol. The molecule has 0 radical (unpaired) electrons. The fourth-order valence-corrected chi connectivity index (χ4v) is 5.10. The number of likely N-dealkylation sites (tertiary alicyclic amines) is 1. The predicted molar refractivity (Wildman–Crippen MR) is 108 cm³/mol. The molecular weight excluding hydrogens is 398 g/mol. The van der Waals surface area contributed by atoms with Gasteiger partial charge in [-0.05, 0) is 43.6 Å². The third-order valence-corrected chi connectivity index (χ3v) is 7.29. The van der Waals surface area contributed by atoms with Crippen LogP contribution in [-0.4, -0.2) is 56.0 Å². The van der Waals surface area contributed by atoms with Gasteiger partial charge in [0, 0.05) is 30.3 Å². The van der Waals surface area contributed by atoms with Gasteiger partial charge in [0.2, 0.25) is 0 Å². The molecule has 1 aromatic heterocycles. The molecule has 150 valence electrons. The van der Waals surface area contributed by atoms with Crippen molar-refractivity contribution in [2.45, 2.75) is 29.5 Å². The maximum absolute atomic E-state index is 11.9. The molecule has 0 spiro atoms. The van der Waals surface area contributed by atoms with E-state index < -0.39 is 9.84 Å². The molecule has 9 heteroatoms. The Morgan fingerprint density at radius 1 is 1.32 bits per heavy atom. The quantitative estimate of drug-likeness (QED) is 0.635. The second-order valence-corrected chi connectivity index (χ2v) is 9.71. The molecule has 1 aliphatic rings. The molecule has 3 rings (SSSR count). The summed E-state index contributed by atoms with van der Waals surface area (Å²) in [7, 11) is -1.67. The number of hydrogen-bond donors (Lipinski definition) is 0. The number of aromatic nitrogens is 2. The average molecular weight is 422 g/mol. The van der Waals surface area contributed by atoms with E-state index in [-0.39, 0.29) is 12.5 Å². The molecule has 0 atom stereocenters. The van der Waals surface area contributed by atoms with Gasteiger partial charge in [-0.25, -0.2) is 8.42 Å². The third kappa shape index (κ3) is 4.82. The number of methoxy groups -OCH3 is 1. The summed E-state index contributed by atoms with van der Waals surface area (Å²) < 4.78 is 38.9. The van der Waals surface area contributed by atoms with Crippen molar-refractivity contribution in [3.05, 3.63) is 29.5 Å². The lowest BCUT2D eigenvalue weighted by Gasteiger charge is -2.31. The zero-order chi connectivity index (χ0) is 20.1. The fourth-order valence-electron chi connectivity index (χ4n) is 3.37. The Balaban J connectivity index is 1.62. The van der Waals surface area contributed by atoms with Crippen LogP contribution in [0.15, 0.2) is 22.4 Å². The Hall–Kier alpha value is -2.15. The number of ether oxygens (including phenoxy) is 2. The van der Waals surface area contributed by atoms with E-state index in [1.807, 2.05) is 18.2 Å². The van der Waals surface area contributed by atoms with Gasteiger partial charge >= 0.3 is 0 Å². The minimum absolute atomic E-state index is 0.133. The molecule has 0 N–H and O–H groups in total. The van der Waals surface area contributed by atoms with Gasteiger partial charge in [0.25, 0.3) is 0 Å². The van der Waals surface area contributed by atoms with Crippen LogP contribution in [0.2, 0.25) is 0 Å². The Bertz CT molecular complexity index is 958. The first-order chi connectivity index (χ1) is 13.4. The van der Waals surface area contributed by atoms with Gasteiger partial charge in [-0.15, -0.1) is 11.5 Å². The van der Waals surface area contributed by atoms with E-state index in [9.17, 15) is 8.42 Å². The molecule has 0 bridgehead atoms. The van der Waals surface area contributed by atoms with Gasteiger partial charge in [0.1, 0.15) is 6.61 Å². The summed E-state index contributed by atoms with van der Waals surface area (Å²) in [4.78, 5) is 2.34. The molecule has 2 aromatic rings. The third-order valence-electron chi connectivity index (χ3n) is 4.74. The average Bonchev–Trinajstić information content (AvgIpc) is 3.18. The summed E-state index contributed by atoms with van der Waals surface area (Å²) in [6, 6.07) is 5.84. The topological polar surface area (TPSA) is 81.6 Å². The Morgan fingerprint density at radius 3 is 2.71 bits per heavy atom. The van der Waals surface area contributed by atoms with E-state index in [4.69, 9.17) is 15.9 Å². The van der Waals surface area contributed by atoms with Crippen LogP contribution in [-0.2, 0) is 16.4 Å². The van der Waals surface area contributed by atoms with E-state index in [1.165, 1.54) is 6.26 Å². The van der Waals surface area contributed by atoms with Crippen molar-refractivity contribution in [1.82, 2.24) is 14.5 Å². The van der Waals surface area contributed by atoms with Crippen molar-refractivity contribution in [3.63, 3.8) is 0 Å². The number of rotatable bonds is 7. The highest BCUT2D eigenvalue weighted by Gasteiger charge is 2.28. The van der Waals surface area contributed by atoms with Crippen molar-refractivity contribution in [3.8, 4) is 23.8 Å². The predicted octanol–water partition coefficient (Wildman–Crippen LogP) is 2.34. The summed E-state index contributed by atoms with van der Waals surface area (Å²) in [6.07, 6.45) is 8.16. The van der Waals surface area contributed by atoms with Crippen LogP contribution in [0.1, 0.15) is 30.0 Å². The second-order valence-electron chi connectivity index (χ2n) is 6.75. The van der Waals surface area contributed by atoms with Crippen LogP contribution in [0, 0.1) is 12.3 Å². The van der Waals surface area contributed by atoms with Crippen LogP contribution in [0.3, 0.4) is 0 Å². The molecule has 1 aliphatic heterocycles. The van der Waals surface area contributed by atoms with E-state index >= 15 is 0 Å². The van der Waals surface area contributed by atoms with Gasteiger partial charge in [-0.2, -0.15) is 0 Å². The molecule has 1 saturated heterocycles. The first-order valence-corrected chi connectivity index (χ1v) is 11.6. The number of benzene rings is 1. The zero-order valence-electron chi connectivity index (χ0n) is 15.9. The number of hydrogen-bond acceptors (Lipinski definition) is 8. The van der Waals surface area contributed by atoms with Crippen LogP contribution < -0.4 is 9.47 Å². The highest BCUT2D eigenvalue weighted by atomic mass is 32.2. The first kappa shape index (κ1) is 20.6. The molecular formula is C19H23N3O4S2. The van der Waals surface area contributed by atoms with Gasteiger partial charge in [-0.1, -0.05) is 16.5 Å². The zero-order valence-corrected chi connectivity index (χ0v) is 17.6. The Kier molecular flexibility index (Phi) is 6.54. The summed E-state index contributed by atoms with van der Waals surface area (Å²) in [5.41, 5.74) is 1.75. The molecule has 2 heterocycles. The van der Waals surface area contributed by atoms with Crippen LogP contribution in [0.25, 0.3) is 0 Å². The van der Waals surface area contributed by atoms with Crippen molar-refractivity contribution in [2.24, 2.45) is 0 Å². The summed E-state index contributed by atoms with van der Waals surface area (Å²) in [6.45, 7) is 2.71. The lowest BCUT2D eigenvalue weighted by molar-refractivity contribution is 0.202.